The molecule has 0 saturated heterocycles. The molecule has 0 heterocycles. The monoisotopic (exact) mass is 279 g/mol. The molecule has 0 aliphatic heterocycles. The van der Waals surface area contributed by atoms with Gasteiger partial charge in [-0.15, -0.1) is 0 Å². The molecule has 0 aromatic heterocycles. The smallest absolute Gasteiger partial charge is 0.341 e. The molecule has 0 fully saturated rings. The first kappa shape index (κ1) is 13.8. The molecule has 0 atom stereocenters. The first-order valence-electron chi connectivity index (χ1n) is 5.65. The van der Waals surface area contributed by atoms with Crippen molar-refractivity contribution in [3.8, 4) is 11.5 Å². The number of carboxylic acid groups (broad SMARTS) is 1. The Kier molecular flexibility index (Phi) is 3.56. The van der Waals surface area contributed by atoms with Crippen LogP contribution in [0.5, 0.6) is 11.5 Å². The van der Waals surface area contributed by atoms with Crippen LogP contribution in [0.3, 0.4) is 0 Å². The van der Waals surface area contributed by atoms with Crippen LogP contribution in [-0.4, -0.2) is 11.1 Å². The molecule has 0 bridgehead atoms. The van der Waals surface area contributed by atoms with Crippen molar-refractivity contribution in [2.45, 2.75) is 6.92 Å². The van der Waals surface area contributed by atoms with Crippen molar-refractivity contribution in [2.75, 3.05) is 5.73 Å². The number of halogens is 2. The molecular weight excluding hydrogens is 268 g/mol. The lowest BCUT2D eigenvalue weighted by atomic mass is 10.1. The summed E-state index contributed by atoms with van der Waals surface area (Å²) in [4.78, 5) is 11.1. The quantitative estimate of drug-likeness (QED) is 0.845. The van der Waals surface area contributed by atoms with Gasteiger partial charge in [0.15, 0.2) is 0 Å². The lowest BCUT2D eigenvalue weighted by Gasteiger charge is -2.11. The number of carboxylic acids is 1. The highest BCUT2D eigenvalue weighted by molar-refractivity contribution is 5.97. The number of aromatic carboxylic acids is 1. The van der Waals surface area contributed by atoms with E-state index in [1.807, 2.05) is 0 Å². The summed E-state index contributed by atoms with van der Waals surface area (Å²) in [5.41, 5.74) is 4.77. The standard InChI is InChI=1S/C14H11F2NO3/c1-7-6-8(2-3-9(7)15)20-11-5-4-10(16)13(17)12(11)14(18)19/h2-6H,17H2,1H3,(H,18,19). The van der Waals surface area contributed by atoms with E-state index in [4.69, 9.17) is 15.6 Å². The number of hydrogen-bond donors (Lipinski definition) is 2. The van der Waals surface area contributed by atoms with E-state index < -0.39 is 28.9 Å². The maximum absolute atomic E-state index is 13.3. The summed E-state index contributed by atoms with van der Waals surface area (Å²) in [6, 6.07) is 6.10. The minimum absolute atomic E-state index is 0.109. The topological polar surface area (TPSA) is 72.5 Å². The molecule has 2 aromatic rings. The predicted octanol–water partition coefficient (Wildman–Crippen LogP) is 3.35. The Morgan fingerprint density at radius 3 is 2.45 bits per heavy atom. The van der Waals surface area contributed by atoms with Gasteiger partial charge in [0.25, 0.3) is 0 Å². The van der Waals surface area contributed by atoms with E-state index in [1.54, 1.807) is 6.92 Å². The molecule has 2 aromatic carbocycles. The minimum atomic E-state index is -1.41. The van der Waals surface area contributed by atoms with Crippen molar-refractivity contribution in [3.05, 3.63) is 53.1 Å². The first-order valence-corrected chi connectivity index (χ1v) is 5.65. The molecule has 104 valence electrons. The number of hydrogen-bond acceptors (Lipinski definition) is 3. The third kappa shape index (κ3) is 2.54. The maximum Gasteiger partial charge on any atom is 0.341 e. The molecular formula is C14H11F2NO3. The van der Waals surface area contributed by atoms with Crippen LogP contribution < -0.4 is 10.5 Å². The predicted molar refractivity (Wildman–Crippen MR) is 69.0 cm³/mol. The summed E-state index contributed by atoms with van der Waals surface area (Å²) < 4.78 is 31.8. The number of aryl methyl sites for hydroxylation is 1. The SMILES string of the molecule is Cc1cc(Oc2ccc(F)c(N)c2C(=O)O)ccc1F. The van der Waals surface area contributed by atoms with E-state index in [0.717, 1.165) is 12.1 Å². The second kappa shape index (κ2) is 5.16. The van der Waals surface area contributed by atoms with Crippen molar-refractivity contribution in [1.29, 1.82) is 0 Å². The van der Waals surface area contributed by atoms with Gasteiger partial charge in [-0.25, -0.2) is 13.6 Å². The number of carbonyl (C=O) groups is 1. The number of benzene rings is 2. The van der Waals surface area contributed by atoms with Crippen LogP contribution in [0.1, 0.15) is 15.9 Å². The summed E-state index contributed by atoms with van der Waals surface area (Å²) in [7, 11) is 0. The van der Waals surface area contributed by atoms with Gasteiger partial charge < -0.3 is 15.6 Å². The largest absolute Gasteiger partial charge is 0.477 e. The molecule has 0 aliphatic rings. The van der Waals surface area contributed by atoms with Crippen molar-refractivity contribution in [1.82, 2.24) is 0 Å². The van der Waals surface area contributed by atoms with Crippen LogP contribution in [0, 0.1) is 18.6 Å². The van der Waals surface area contributed by atoms with Gasteiger partial charge in [0.1, 0.15) is 28.7 Å². The Bertz CT molecular complexity index is 686. The first-order chi connectivity index (χ1) is 9.40. The average molecular weight is 279 g/mol. The van der Waals surface area contributed by atoms with Gasteiger partial charge in [-0.1, -0.05) is 0 Å². The molecule has 0 aliphatic carbocycles. The summed E-state index contributed by atoms with van der Waals surface area (Å²) >= 11 is 0. The number of rotatable bonds is 3. The van der Waals surface area contributed by atoms with E-state index in [-0.39, 0.29) is 11.5 Å². The maximum atomic E-state index is 13.3. The third-order valence-electron chi connectivity index (χ3n) is 2.73. The average Bonchev–Trinajstić information content (AvgIpc) is 2.38. The fourth-order valence-electron chi connectivity index (χ4n) is 1.69. The summed E-state index contributed by atoms with van der Waals surface area (Å²) in [6.45, 7) is 1.54. The molecule has 6 heteroatoms. The highest BCUT2D eigenvalue weighted by Crippen LogP contribution is 2.31. The van der Waals surface area contributed by atoms with Gasteiger partial charge in [0.2, 0.25) is 0 Å². The summed E-state index contributed by atoms with van der Waals surface area (Å²) in [6.07, 6.45) is 0. The van der Waals surface area contributed by atoms with Crippen LogP contribution in [-0.2, 0) is 0 Å². The zero-order valence-corrected chi connectivity index (χ0v) is 10.5. The van der Waals surface area contributed by atoms with Gasteiger partial charge in [0.05, 0.1) is 5.69 Å². The van der Waals surface area contributed by atoms with Crippen molar-refractivity contribution < 1.29 is 23.4 Å². The molecule has 0 amide bonds. The Hall–Kier alpha value is -2.63. The zero-order chi connectivity index (χ0) is 14.9. The van der Waals surface area contributed by atoms with E-state index in [9.17, 15) is 13.6 Å². The second-order valence-corrected chi connectivity index (χ2v) is 4.15. The van der Waals surface area contributed by atoms with Crippen molar-refractivity contribution in [2.24, 2.45) is 0 Å². The normalized spacial score (nSPS) is 10.3. The summed E-state index contributed by atoms with van der Waals surface area (Å²) in [5, 5.41) is 9.06. The van der Waals surface area contributed by atoms with Crippen molar-refractivity contribution in [3.63, 3.8) is 0 Å². The van der Waals surface area contributed by atoms with Crippen LogP contribution >= 0.6 is 0 Å². The number of nitrogens with two attached hydrogens (primary N) is 1. The van der Waals surface area contributed by atoms with Crippen molar-refractivity contribution >= 4 is 11.7 Å². The lowest BCUT2D eigenvalue weighted by molar-refractivity contribution is 0.0695. The van der Waals surface area contributed by atoms with Gasteiger partial charge in [0, 0.05) is 0 Å². The third-order valence-corrected chi connectivity index (χ3v) is 2.73. The molecule has 0 unspecified atom stereocenters. The molecule has 20 heavy (non-hydrogen) atoms. The lowest BCUT2D eigenvalue weighted by Crippen LogP contribution is -2.07. The molecule has 4 nitrogen and oxygen atoms in total. The van der Waals surface area contributed by atoms with Gasteiger partial charge in [-0.3, -0.25) is 0 Å². The number of ether oxygens (including phenoxy) is 1. The van der Waals surface area contributed by atoms with Gasteiger partial charge in [-0.2, -0.15) is 0 Å². The summed E-state index contributed by atoms with van der Waals surface area (Å²) in [5.74, 6) is -2.53. The molecule has 0 radical (unpaired) electrons. The van der Waals surface area contributed by atoms with Crippen LogP contribution in [0.15, 0.2) is 30.3 Å². The number of nitrogen functional groups attached to an aromatic ring is 1. The minimum Gasteiger partial charge on any atom is -0.477 e. The Balaban J connectivity index is 2.45. The van der Waals surface area contributed by atoms with Crippen LogP contribution in [0.4, 0.5) is 14.5 Å². The van der Waals surface area contributed by atoms with Gasteiger partial charge >= 0.3 is 5.97 Å². The van der Waals surface area contributed by atoms with Gasteiger partial charge in [-0.05, 0) is 42.8 Å². The zero-order valence-electron chi connectivity index (χ0n) is 10.5. The molecule has 0 saturated carbocycles. The van der Waals surface area contributed by atoms with Crippen LogP contribution in [0.25, 0.3) is 0 Å². The number of anilines is 1. The Morgan fingerprint density at radius 2 is 1.85 bits per heavy atom. The highest BCUT2D eigenvalue weighted by atomic mass is 19.1. The van der Waals surface area contributed by atoms with Crippen LogP contribution in [0.2, 0.25) is 0 Å². The van der Waals surface area contributed by atoms with E-state index in [0.29, 0.717) is 5.56 Å². The van der Waals surface area contributed by atoms with E-state index in [1.165, 1.54) is 18.2 Å². The second-order valence-electron chi connectivity index (χ2n) is 4.15. The molecule has 0 spiro atoms. The van der Waals surface area contributed by atoms with E-state index >= 15 is 0 Å². The van der Waals surface area contributed by atoms with E-state index in [2.05, 4.69) is 0 Å². The molecule has 2 rings (SSSR count). The fourth-order valence-corrected chi connectivity index (χ4v) is 1.69. The Labute approximate surface area is 113 Å². The Morgan fingerprint density at radius 1 is 1.20 bits per heavy atom. The highest BCUT2D eigenvalue weighted by Gasteiger charge is 2.19. The molecule has 3 N–H and O–H groups in total. The fraction of sp³-hybridized carbons (Fsp3) is 0.0714.